The van der Waals surface area contributed by atoms with Crippen molar-refractivity contribution in [1.29, 1.82) is 0 Å². The van der Waals surface area contributed by atoms with Crippen LogP contribution in [0.2, 0.25) is 0 Å². The minimum absolute atomic E-state index is 0.0102. The van der Waals surface area contributed by atoms with Gasteiger partial charge in [-0.3, -0.25) is 19.2 Å². The van der Waals surface area contributed by atoms with Gasteiger partial charge in [0, 0.05) is 26.3 Å². The predicted molar refractivity (Wildman–Crippen MR) is 262 cm³/mol. The van der Waals surface area contributed by atoms with Crippen molar-refractivity contribution in [1.82, 2.24) is 31.1 Å². The molecule has 0 aromatic carbocycles. The van der Waals surface area contributed by atoms with Gasteiger partial charge in [0.15, 0.2) is 0 Å². The van der Waals surface area contributed by atoms with Crippen molar-refractivity contribution in [3.05, 3.63) is 0 Å². The van der Waals surface area contributed by atoms with Crippen molar-refractivity contribution >= 4 is 42.1 Å². The molecule has 0 spiro atoms. The Morgan fingerprint density at radius 1 is 0.657 bits per heavy atom. The van der Waals surface area contributed by atoms with Crippen LogP contribution in [0.1, 0.15) is 160 Å². The van der Waals surface area contributed by atoms with Crippen LogP contribution >= 0.6 is 0 Å². The zero-order chi connectivity index (χ0) is 51.9. The van der Waals surface area contributed by atoms with E-state index in [4.69, 9.17) is 18.9 Å². The average Bonchev–Trinajstić information content (AvgIpc) is 3.71. The quantitative estimate of drug-likeness (QED) is 0.223. The first kappa shape index (κ1) is 56.9. The summed E-state index contributed by atoms with van der Waals surface area (Å²) in [4.78, 5) is 94.7. The number of carbonyl (C=O) groups excluding carboxylic acids is 7. The second-order valence-electron chi connectivity index (χ2n) is 23.9. The van der Waals surface area contributed by atoms with E-state index in [1.54, 1.807) is 65.2 Å². The fourth-order valence-corrected chi connectivity index (χ4v) is 11.3. The number of carbonyl (C=O) groups is 7. The van der Waals surface area contributed by atoms with E-state index in [0.717, 1.165) is 70.5 Å². The fourth-order valence-electron chi connectivity index (χ4n) is 11.3. The average molecular weight is 989 g/mol. The van der Waals surface area contributed by atoms with Crippen LogP contribution in [-0.2, 0) is 42.9 Å². The Hall–Kier alpha value is -4.03. The van der Waals surface area contributed by atoms with E-state index in [1.165, 1.54) is 0 Å². The molecular weight excluding hydrogens is 901 g/mol. The zero-order valence-electron chi connectivity index (χ0n) is 44.4. The monoisotopic (exact) mass is 989 g/mol. The highest BCUT2D eigenvalue weighted by molar-refractivity contribution is 5.95. The number of piperidine rings is 2. The lowest BCUT2D eigenvalue weighted by molar-refractivity contribution is -0.145. The van der Waals surface area contributed by atoms with Crippen LogP contribution < -0.4 is 21.3 Å². The number of nitrogens with one attached hydrogen (secondary N) is 4. The van der Waals surface area contributed by atoms with Crippen molar-refractivity contribution in [2.45, 2.75) is 220 Å². The van der Waals surface area contributed by atoms with Crippen LogP contribution in [0.3, 0.4) is 0 Å². The number of hydrogen-bond donors (Lipinski definition) is 5. The molecule has 0 aromatic rings. The van der Waals surface area contributed by atoms with Crippen LogP contribution in [0.15, 0.2) is 0 Å². The number of amides is 6. The van der Waals surface area contributed by atoms with Crippen LogP contribution in [0, 0.1) is 34.5 Å². The van der Waals surface area contributed by atoms with Crippen molar-refractivity contribution in [3.8, 4) is 0 Å². The zero-order valence-corrected chi connectivity index (χ0v) is 44.4. The predicted octanol–water partition coefficient (Wildman–Crippen LogP) is 5.40. The smallest absolute Gasteiger partial charge is 0.408 e. The number of aliphatic hydroxyl groups excluding tert-OH is 1. The second kappa shape index (κ2) is 23.7. The van der Waals surface area contributed by atoms with Gasteiger partial charge in [-0.25, -0.2) is 9.59 Å². The van der Waals surface area contributed by atoms with Gasteiger partial charge >= 0.3 is 12.2 Å². The summed E-state index contributed by atoms with van der Waals surface area (Å²) in [5.74, 6) is -0.760. The van der Waals surface area contributed by atoms with Gasteiger partial charge in [0.25, 0.3) is 0 Å². The summed E-state index contributed by atoms with van der Waals surface area (Å²) in [6.07, 6.45) is 9.01. The number of aldehydes is 1. The number of hydrogen-bond acceptors (Lipinski definition) is 12. The van der Waals surface area contributed by atoms with Crippen LogP contribution in [-0.4, -0.2) is 150 Å². The third-order valence-corrected chi connectivity index (χ3v) is 15.5. The van der Waals surface area contributed by atoms with Crippen LogP contribution in [0.4, 0.5) is 9.59 Å². The Kier molecular flexibility index (Phi) is 19.2. The van der Waals surface area contributed by atoms with Gasteiger partial charge in [-0.1, -0.05) is 79.1 Å². The number of fused-ring (bicyclic) bond motifs is 6. The maximum Gasteiger partial charge on any atom is 0.408 e. The lowest BCUT2D eigenvalue weighted by atomic mass is 9.98. The maximum absolute atomic E-state index is 13.9. The third kappa shape index (κ3) is 14.6. The Morgan fingerprint density at radius 2 is 1.04 bits per heavy atom. The normalized spacial score (nSPS) is 34.4. The Bertz CT molecular complexity index is 1850. The van der Waals surface area contributed by atoms with Gasteiger partial charge in [-0.15, -0.1) is 0 Å². The van der Waals surface area contributed by atoms with Gasteiger partial charge in [0.2, 0.25) is 23.6 Å². The molecule has 0 radical (unpaired) electrons. The summed E-state index contributed by atoms with van der Waals surface area (Å²) in [5, 5.41) is 21.2. The molecule has 4 aliphatic heterocycles. The molecule has 4 saturated heterocycles. The van der Waals surface area contributed by atoms with Gasteiger partial charge in [0.1, 0.15) is 41.7 Å². The first-order valence-electron chi connectivity index (χ1n) is 26.2. The highest BCUT2D eigenvalue weighted by Gasteiger charge is 2.71. The van der Waals surface area contributed by atoms with Crippen LogP contribution in [0.25, 0.3) is 0 Å². The standard InChI is InChI=1S/C26H45N3O6.C26H43N3O6/c2*1-16-20(28-24(33)35-25(2,3)4)23(32)29-14-18-19(26(18,5)6)21(29)22(31)27-17(15-30)12-10-8-7-9-11-13-34-16/h16-21,30H,7-15H2,1-6H3,(H,27,31)(H,28,33);15-21H,7-14H2,1-6H3,(H,27,31)(H,28,33)/t2*16-,17-,18-,19-,20-,21-/m00/s1. The molecule has 0 bridgehead atoms. The number of ether oxygens (including phenoxy) is 4. The lowest BCUT2D eigenvalue weighted by Gasteiger charge is -2.35. The Morgan fingerprint density at radius 3 is 1.44 bits per heavy atom. The second-order valence-corrected chi connectivity index (χ2v) is 23.9. The van der Waals surface area contributed by atoms with E-state index in [9.17, 15) is 38.7 Å². The summed E-state index contributed by atoms with van der Waals surface area (Å²) >= 11 is 0. The number of alkyl carbamates (subject to hydrolysis) is 2. The number of rotatable bonds is 4. The summed E-state index contributed by atoms with van der Waals surface area (Å²) in [5.41, 5.74) is -1.53. The molecule has 12 atom stereocenters. The third-order valence-electron chi connectivity index (χ3n) is 15.5. The summed E-state index contributed by atoms with van der Waals surface area (Å²) < 4.78 is 22.8. The van der Waals surface area contributed by atoms with E-state index >= 15 is 0 Å². The molecule has 6 aliphatic rings. The molecule has 18 heteroatoms. The van der Waals surface area contributed by atoms with Gasteiger partial charge in [-0.05, 0) is 116 Å². The summed E-state index contributed by atoms with van der Waals surface area (Å²) in [7, 11) is 0. The van der Waals surface area contributed by atoms with Gasteiger partial charge < -0.3 is 59.9 Å². The van der Waals surface area contributed by atoms with Gasteiger partial charge in [-0.2, -0.15) is 0 Å². The largest absolute Gasteiger partial charge is 0.444 e. The van der Waals surface area contributed by atoms with E-state index < -0.39 is 65.8 Å². The van der Waals surface area contributed by atoms with Gasteiger partial charge in [0.05, 0.1) is 30.9 Å². The highest BCUT2D eigenvalue weighted by atomic mass is 16.6. The summed E-state index contributed by atoms with van der Waals surface area (Å²) in [6.45, 7) is 24.3. The molecule has 5 N–H and O–H groups in total. The van der Waals surface area contributed by atoms with E-state index in [-0.39, 0.29) is 70.8 Å². The minimum Gasteiger partial charge on any atom is -0.444 e. The van der Waals surface area contributed by atoms with E-state index in [1.807, 2.05) is 0 Å². The molecule has 6 rings (SSSR count). The van der Waals surface area contributed by atoms with Crippen molar-refractivity contribution in [2.75, 3.05) is 32.9 Å². The minimum atomic E-state index is -0.990. The molecule has 398 valence electrons. The summed E-state index contributed by atoms with van der Waals surface area (Å²) in [6, 6.07) is -4.18. The van der Waals surface area contributed by atoms with E-state index in [2.05, 4.69) is 49.0 Å². The molecule has 0 unspecified atom stereocenters. The molecule has 4 heterocycles. The first-order chi connectivity index (χ1) is 32.7. The van der Waals surface area contributed by atoms with Crippen molar-refractivity contribution < 1.29 is 57.6 Å². The van der Waals surface area contributed by atoms with E-state index in [0.29, 0.717) is 39.1 Å². The first-order valence-corrected chi connectivity index (χ1v) is 26.2. The lowest BCUT2D eigenvalue weighted by Crippen LogP contribution is -2.60. The molecule has 6 amide bonds. The topological polar surface area (TPSA) is 231 Å². The maximum atomic E-state index is 13.9. The molecule has 0 aromatic heterocycles. The Labute approximate surface area is 416 Å². The SMILES string of the molecule is C[C@@H]1OCCCCCCC[C@@H](C=O)NC(=O)[C@@H]2[C@@H]3[C@H](CN2C(=O)[C@H]1NC(=O)OC(C)(C)C)C3(C)C.C[C@@H]1OCCCCCCC[C@@H](CO)NC(=O)[C@@H]2[C@@H]3[C@H](CN2C(=O)[C@H]1NC(=O)OC(C)(C)C)C3(C)C. The molecule has 2 aliphatic carbocycles. The van der Waals surface area contributed by atoms with Crippen molar-refractivity contribution in [2.24, 2.45) is 34.5 Å². The van der Waals surface area contributed by atoms with Crippen LogP contribution in [0.5, 0.6) is 0 Å². The molecule has 18 nitrogen and oxygen atoms in total. The number of aliphatic hydroxyl groups is 1. The molecule has 70 heavy (non-hydrogen) atoms. The van der Waals surface area contributed by atoms with Crippen molar-refractivity contribution in [3.63, 3.8) is 0 Å². The molecule has 6 fully saturated rings. The highest BCUT2D eigenvalue weighted by Crippen LogP contribution is 2.66. The molecular formula is C52H88N6O12. The Balaban J connectivity index is 0.000000261. The fraction of sp³-hybridized carbons (Fsp3) is 0.865. The number of nitrogens with zero attached hydrogens (tertiary/aromatic N) is 2. The molecule has 2 saturated carbocycles.